The van der Waals surface area contributed by atoms with E-state index >= 15 is 0 Å². The van der Waals surface area contributed by atoms with Crippen LogP contribution in [0.25, 0.3) is 11.0 Å². The second-order valence-corrected chi connectivity index (χ2v) is 4.85. The molecule has 0 saturated carbocycles. The maximum atomic E-state index is 9.82. The number of hydrogen-bond donors (Lipinski definition) is 1. The zero-order valence-corrected chi connectivity index (χ0v) is 11.3. The topological polar surface area (TPSA) is 38.0 Å². The Hall–Kier alpha value is -1.35. The van der Waals surface area contributed by atoms with Gasteiger partial charge in [-0.05, 0) is 25.5 Å². The molecule has 0 fully saturated rings. The third kappa shape index (κ3) is 2.72. The van der Waals surface area contributed by atoms with Gasteiger partial charge in [0.2, 0.25) is 0 Å². The molecule has 0 amide bonds. The van der Waals surface area contributed by atoms with Crippen LogP contribution in [0.1, 0.15) is 51.5 Å². The Kier molecular flexibility index (Phi) is 4.37. The predicted molar refractivity (Wildman–Crippen MR) is 74.5 cm³/mol. The van der Waals surface area contributed by atoms with Crippen molar-refractivity contribution in [1.29, 1.82) is 0 Å². The van der Waals surface area contributed by atoms with Gasteiger partial charge in [0.25, 0.3) is 0 Å². The molecule has 3 heteroatoms. The first-order valence-corrected chi connectivity index (χ1v) is 6.87. The first-order chi connectivity index (χ1) is 8.74. The van der Waals surface area contributed by atoms with Gasteiger partial charge < -0.3 is 9.67 Å². The van der Waals surface area contributed by atoms with Gasteiger partial charge in [-0.25, -0.2) is 4.98 Å². The number of fused-ring (bicyclic) bond motifs is 1. The first kappa shape index (κ1) is 13.1. The molecule has 0 spiro atoms. The average Bonchev–Trinajstić information content (AvgIpc) is 2.74. The number of nitrogens with zero attached hydrogens (tertiary/aromatic N) is 2. The van der Waals surface area contributed by atoms with Crippen molar-refractivity contribution in [2.75, 3.05) is 0 Å². The molecule has 2 aromatic rings. The van der Waals surface area contributed by atoms with Crippen LogP contribution in [0.15, 0.2) is 24.3 Å². The van der Waals surface area contributed by atoms with Gasteiger partial charge in [0.15, 0.2) is 0 Å². The molecule has 0 aliphatic rings. The van der Waals surface area contributed by atoms with Gasteiger partial charge in [-0.1, -0.05) is 38.3 Å². The third-order valence-electron chi connectivity index (χ3n) is 3.29. The molecule has 0 radical (unpaired) electrons. The molecule has 1 heterocycles. The van der Waals surface area contributed by atoms with Crippen LogP contribution in [0, 0.1) is 0 Å². The smallest absolute Gasteiger partial charge is 0.138 e. The van der Waals surface area contributed by atoms with E-state index in [9.17, 15) is 5.11 Å². The van der Waals surface area contributed by atoms with E-state index in [1.54, 1.807) is 6.92 Å². The minimum Gasteiger partial charge on any atom is -0.385 e. The highest BCUT2D eigenvalue weighted by Crippen LogP contribution is 2.21. The fraction of sp³-hybridized carbons (Fsp3) is 0.533. The molecule has 0 unspecified atom stereocenters. The molecule has 1 N–H and O–H groups in total. The molecule has 3 nitrogen and oxygen atoms in total. The average molecular weight is 246 g/mol. The standard InChI is InChI=1S/C15H22N2O/c1-3-4-5-8-11-17-14-10-7-6-9-13(14)16-15(17)12(2)18/h6-7,9-10,12,18H,3-5,8,11H2,1-2H3/t12-/m0/s1. The quantitative estimate of drug-likeness (QED) is 0.790. The summed E-state index contributed by atoms with van der Waals surface area (Å²) in [5.41, 5.74) is 2.11. The van der Waals surface area contributed by atoms with E-state index in [1.165, 1.54) is 19.3 Å². The Balaban J connectivity index is 2.24. The van der Waals surface area contributed by atoms with Crippen molar-refractivity contribution in [3.8, 4) is 0 Å². The van der Waals surface area contributed by atoms with E-state index in [0.717, 1.165) is 29.8 Å². The summed E-state index contributed by atoms with van der Waals surface area (Å²) < 4.78 is 2.16. The van der Waals surface area contributed by atoms with E-state index in [2.05, 4.69) is 22.5 Å². The number of aliphatic hydroxyl groups excluding tert-OH is 1. The van der Waals surface area contributed by atoms with Crippen LogP contribution in [-0.2, 0) is 6.54 Å². The maximum Gasteiger partial charge on any atom is 0.138 e. The van der Waals surface area contributed by atoms with Crippen LogP contribution >= 0.6 is 0 Å². The summed E-state index contributed by atoms with van der Waals surface area (Å²) in [6, 6.07) is 8.10. The number of rotatable bonds is 6. The summed E-state index contributed by atoms with van der Waals surface area (Å²) in [7, 11) is 0. The SMILES string of the molecule is CCCCCCn1c([C@H](C)O)nc2ccccc21. The summed E-state index contributed by atoms with van der Waals surface area (Å²) in [6.45, 7) is 4.94. The molecular weight excluding hydrogens is 224 g/mol. The number of para-hydroxylation sites is 2. The summed E-state index contributed by atoms with van der Waals surface area (Å²) in [4.78, 5) is 4.52. The molecule has 1 aromatic heterocycles. The lowest BCUT2D eigenvalue weighted by Gasteiger charge is -2.10. The van der Waals surface area contributed by atoms with Crippen molar-refractivity contribution in [2.45, 2.75) is 52.2 Å². The second kappa shape index (κ2) is 6.01. The molecule has 0 saturated heterocycles. The maximum absolute atomic E-state index is 9.82. The minimum absolute atomic E-state index is 0.511. The van der Waals surface area contributed by atoms with Gasteiger partial charge in [0, 0.05) is 6.54 Å². The van der Waals surface area contributed by atoms with E-state index < -0.39 is 6.10 Å². The Morgan fingerprint density at radius 3 is 2.72 bits per heavy atom. The molecule has 2 rings (SSSR count). The minimum atomic E-state index is -0.511. The van der Waals surface area contributed by atoms with Crippen molar-refractivity contribution < 1.29 is 5.11 Å². The molecular formula is C15H22N2O. The summed E-state index contributed by atoms with van der Waals surface area (Å²) in [5.74, 6) is 0.785. The molecule has 18 heavy (non-hydrogen) atoms. The highest BCUT2D eigenvalue weighted by molar-refractivity contribution is 5.75. The predicted octanol–water partition coefficient (Wildman–Crippen LogP) is 3.67. The van der Waals surface area contributed by atoms with Crippen LogP contribution in [0.2, 0.25) is 0 Å². The van der Waals surface area contributed by atoms with Crippen LogP contribution in [0.3, 0.4) is 0 Å². The van der Waals surface area contributed by atoms with Crippen LogP contribution in [-0.4, -0.2) is 14.7 Å². The molecule has 0 aliphatic heterocycles. The fourth-order valence-electron chi connectivity index (χ4n) is 2.34. The molecule has 98 valence electrons. The molecule has 1 atom stereocenters. The highest BCUT2D eigenvalue weighted by atomic mass is 16.3. The van der Waals surface area contributed by atoms with Crippen LogP contribution in [0.4, 0.5) is 0 Å². The lowest BCUT2D eigenvalue weighted by Crippen LogP contribution is -2.07. The largest absolute Gasteiger partial charge is 0.385 e. The lowest BCUT2D eigenvalue weighted by atomic mass is 10.2. The number of imidazole rings is 1. The van der Waals surface area contributed by atoms with Gasteiger partial charge >= 0.3 is 0 Å². The Bertz CT molecular complexity index is 502. The van der Waals surface area contributed by atoms with E-state index in [-0.39, 0.29) is 0 Å². The zero-order chi connectivity index (χ0) is 13.0. The number of benzene rings is 1. The normalized spacial score (nSPS) is 13.1. The summed E-state index contributed by atoms with van der Waals surface area (Å²) >= 11 is 0. The Labute approximate surface area is 108 Å². The second-order valence-electron chi connectivity index (χ2n) is 4.85. The van der Waals surface area contributed by atoms with Gasteiger partial charge in [0.05, 0.1) is 11.0 Å². The van der Waals surface area contributed by atoms with Gasteiger partial charge in [0.1, 0.15) is 11.9 Å². The van der Waals surface area contributed by atoms with E-state index in [4.69, 9.17) is 0 Å². The number of aromatic nitrogens is 2. The van der Waals surface area contributed by atoms with Crippen LogP contribution < -0.4 is 0 Å². The van der Waals surface area contributed by atoms with Crippen molar-refractivity contribution in [1.82, 2.24) is 9.55 Å². The molecule has 0 aliphatic carbocycles. The monoisotopic (exact) mass is 246 g/mol. The van der Waals surface area contributed by atoms with Gasteiger partial charge in [-0.2, -0.15) is 0 Å². The molecule has 0 bridgehead atoms. The Morgan fingerprint density at radius 1 is 1.22 bits per heavy atom. The zero-order valence-electron chi connectivity index (χ0n) is 11.3. The van der Waals surface area contributed by atoms with Crippen LogP contribution in [0.5, 0.6) is 0 Å². The Morgan fingerprint density at radius 2 is 2.00 bits per heavy atom. The third-order valence-corrected chi connectivity index (χ3v) is 3.29. The number of hydrogen-bond acceptors (Lipinski definition) is 2. The molecule has 1 aromatic carbocycles. The lowest BCUT2D eigenvalue weighted by molar-refractivity contribution is 0.184. The number of aliphatic hydroxyl groups is 1. The van der Waals surface area contributed by atoms with E-state index in [0.29, 0.717) is 0 Å². The van der Waals surface area contributed by atoms with Gasteiger partial charge in [-0.15, -0.1) is 0 Å². The number of unbranched alkanes of at least 4 members (excludes halogenated alkanes) is 3. The van der Waals surface area contributed by atoms with Crippen molar-refractivity contribution in [3.05, 3.63) is 30.1 Å². The van der Waals surface area contributed by atoms with Gasteiger partial charge in [-0.3, -0.25) is 0 Å². The summed E-state index contributed by atoms with van der Waals surface area (Å²) in [6.07, 6.45) is 4.39. The number of aryl methyl sites for hydroxylation is 1. The van der Waals surface area contributed by atoms with Crippen molar-refractivity contribution in [3.63, 3.8) is 0 Å². The van der Waals surface area contributed by atoms with E-state index in [1.807, 2.05) is 18.2 Å². The first-order valence-electron chi connectivity index (χ1n) is 6.87. The van der Waals surface area contributed by atoms with Crippen molar-refractivity contribution >= 4 is 11.0 Å². The highest BCUT2D eigenvalue weighted by Gasteiger charge is 2.13. The fourth-order valence-corrected chi connectivity index (χ4v) is 2.34. The summed E-state index contributed by atoms with van der Waals surface area (Å²) in [5, 5.41) is 9.82. The van der Waals surface area contributed by atoms with Crippen molar-refractivity contribution in [2.24, 2.45) is 0 Å².